The summed E-state index contributed by atoms with van der Waals surface area (Å²) in [6, 6.07) is 15.5. The lowest BCUT2D eigenvalue weighted by atomic mass is 10.0. The molecule has 0 saturated carbocycles. The molecule has 0 spiro atoms. The molecule has 0 saturated heterocycles. The van der Waals surface area contributed by atoms with Crippen molar-refractivity contribution in [2.75, 3.05) is 0 Å². The van der Waals surface area contributed by atoms with E-state index >= 15 is 0 Å². The largest absolute Gasteiger partial charge is 0.0620 e. The monoisotopic (exact) mass is 272 g/mol. The molecule has 0 nitrogen and oxygen atoms in total. The van der Waals surface area contributed by atoms with Gasteiger partial charge in [-0.3, -0.25) is 0 Å². The molecule has 0 radical (unpaired) electrons. The van der Waals surface area contributed by atoms with Crippen LogP contribution in [0.25, 0.3) is 0 Å². The van der Waals surface area contributed by atoms with E-state index in [1.807, 2.05) is 0 Å². The number of fused-ring (bicyclic) bond motifs is 2. The summed E-state index contributed by atoms with van der Waals surface area (Å²) in [4.78, 5) is 0. The van der Waals surface area contributed by atoms with Crippen LogP contribution in [-0.2, 0) is 19.3 Å². The fourth-order valence-corrected chi connectivity index (χ4v) is 2.86. The van der Waals surface area contributed by atoms with Gasteiger partial charge >= 0.3 is 0 Å². The molecule has 0 N–H and O–H groups in total. The maximum absolute atomic E-state index is 3.56. The van der Waals surface area contributed by atoms with Crippen LogP contribution >= 0.6 is 15.9 Å². The first-order valence-corrected chi connectivity index (χ1v) is 6.46. The van der Waals surface area contributed by atoms with E-state index in [1.165, 1.54) is 39.6 Å². The topological polar surface area (TPSA) is 0 Å². The number of aryl methyl sites for hydroxylation is 2. The highest BCUT2D eigenvalue weighted by molar-refractivity contribution is 9.10. The van der Waals surface area contributed by atoms with Crippen LogP contribution in [0.3, 0.4) is 0 Å². The molecular weight excluding hydrogens is 260 g/mol. The Morgan fingerprint density at radius 3 is 2.25 bits per heavy atom. The fourth-order valence-electron chi connectivity index (χ4n) is 2.45. The predicted molar refractivity (Wildman–Crippen MR) is 70.8 cm³/mol. The minimum absolute atomic E-state index is 1.07. The van der Waals surface area contributed by atoms with Gasteiger partial charge in [0.1, 0.15) is 0 Å². The van der Waals surface area contributed by atoms with Gasteiger partial charge in [-0.2, -0.15) is 0 Å². The summed E-state index contributed by atoms with van der Waals surface area (Å²) in [7, 11) is 0. The van der Waals surface area contributed by atoms with Crippen molar-refractivity contribution in [1.29, 1.82) is 0 Å². The first-order chi connectivity index (χ1) is 7.83. The fraction of sp³-hybridized carbons (Fsp3) is 0.200. The Bertz CT molecular complexity index is 529. The van der Waals surface area contributed by atoms with Crippen LogP contribution in [0.15, 0.2) is 46.9 Å². The van der Waals surface area contributed by atoms with E-state index in [2.05, 4.69) is 58.4 Å². The second-order valence-electron chi connectivity index (χ2n) is 4.36. The highest BCUT2D eigenvalue weighted by atomic mass is 79.9. The van der Waals surface area contributed by atoms with Crippen molar-refractivity contribution < 1.29 is 0 Å². The van der Waals surface area contributed by atoms with Gasteiger partial charge in [0.15, 0.2) is 0 Å². The molecule has 0 fully saturated rings. The normalized spacial score (nSPS) is 13.8. The van der Waals surface area contributed by atoms with Crippen molar-refractivity contribution in [3.8, 4) is 0 Å². The van der Waals surface area contributed by atoms with E-state index in [1.54, 1.807) is 0 Å². The van der Waals surface area contributed by atoms with Gasteiger partial charge in [0.25, 0.3) is 0 Å². The number of benzene rings is 2. The molecular formula is C15H13Br. The van der Waals surface area contributed by atoms with Crippen molar-refractivity contribution in [1.82, 2.24) is 0 Å². The van der Waals surface area contributed by atoms with Crippen molar-refractivity contribution in [2.24, 2.45) is 0 Å². The minimum Gasteiger partial charge on any atom is -0.0620 e. The molecule has 0 aromatic heterocycles. The van der Waals surface area contributed by atoms with Gasteiger partial charge in [0.05, 0.1) is 0 Å². The van der Waals surface area contributed by atoms with Gasteiger partial charge < -0.3 is 0 Å². The van der Waals surface area contributed by atoms with E-state index in [4.69, 9.17) is 0 Å². The van der Waals surface area contributed by atoms with Gasteiger partial charge in [-0.15, -0.1) is 0 Å². The Balaban J connectivity index is 2.10. The Morgan fingerprint density at radius 2 is 1.44 bits per heavy atom. The molecule has 0 heterocycles. The van der Waals surface area contributed by atoms with E-state index in [-0.39, 0.29) is 0 Å². The zero-order valence-corrected chi connectivity index (χ0v) is 10.6. The van der Waals surface area contributed by atoms with Crippen molar-refractivity contribution >= 4 is 15.9 Å². The average molecular weight is 273 g/mol. The van der Waals surface area contributed by atoms with Crippen molar-refractivity contribution in [3.05, 3.63) is 69.2 Å². The zero-order valence-electron chi connectivity index (χ0n) is 9.04. The van der Waals surface area contributed by atoms with Crippen LogP contribution in [0.2, 0.25) is 0 Å². The lowest BCUT2D eigenvalue weighted by Gasteiger charge is -2.06. The lowest BCUT2D eigenvalue weighted by Crippen LogP contribution is -1.91. The van der Waals surface area contributed by atoms with E-state index in [0.29, 0.717) is 0 Å². The van der Waals surface area contributed by atoms with Crippen LogP contribution < -0.4 is 0 Å². The predicted octanol–water partition coefficient (Wildman–Crippen LogP) is 4.14. The number of halogens is 1. The highest BCUT2D eigenvalue weighted by Gasteiger charge is 2.12. The van der Waals surface area contributed by atoms with Crippen LogP contribution in [0.4, 0.5) is 0 Å². The van der Waals surface area contributed by atoms with Gasteiger partial charge in [0, 0.05) is 4.47 Å². The summed E-state index contributed by atoms with van der Waals surface area (Å²) in [5, 5.41) is 0. The number of rotatable bonds is 0. The van der Waals surface area contributed by atoms with E-state index < -0.39 is 0 Å². The molecule has 16 heavy (non-hydrogen) atoms. The van der Waals surface area contributed by atoms with Gasteiger partial charge in [-0.05, 0) is 53.6 Å². The Morgan fingerprint density at radius 1 is 0.750 bits per heavy atom. The first kappa shape index (κ1) is 10.1. The third-order valence-electron chi connectivity index (χ3n) is 3.33. The molecule has 1 heteroatoms. The Kier molecular flexibility index (Phi) is 2.56. The molecule has 0 unspecified atom stereocenters. The summed E-state index contributed by atoms with van der Waals surface area (Å²) in [5.41, 5.74) is 5.97. The summed E-state index contributed by atoms with van der Waals surface area (Å²) in [6.45, 7) is 0. The maximum atomic E-state index is 3.56. The third kappa shape index (κ3) is 1.80. The molecule has 3 rings (SSSR count). The van der Waals surface area contributed by atoms with Crippen molar-refractivity contribution in [2.45, 2.75) is 19.3 Å². The maximum Gasteiger partial charge on any atom is 0.0178 e. The Labute approximate surface area is 104 Å². The second kappa shape index (κ2) is 4.06. The third-order valence-corrected chi connectivity index (χ3v) is 3.82. The molecule has 0 aliphatic heterocycles. The van der Waals surface area contributed by atoms with Crippen molar-refractivity contribution in [3.63, 3.8) is 0 Å². The molecule has 0 amide bonds. The minimum atomic E-state index is 1.07. The lowest BCUT2D eigenvalue weighted by molar-refractivity contribution is 0.965. The second-order valence-corrected chi connectivity index (χ2v) is 5.27. The Hall–Kier alpha value is -1.08. The van der Waals surface area contributed by atoms with Gasteiger partial charge in [-0.25, -0.2) is 0 Å². The standard InChI is InChI=1S/C15H13Br/c16-15-8-7-12-6-5-11-3-1-2-4-13(11)9-14(12)10-15/h1-4,7-8,10H,5-6,9H2. The molecule has 1 aliphatic rings. The molecule has 0 bridgehead atoms. The van der Waals surface area contributed by atoms with Gasteiger partial charge in [-0.1, -0.05) is 46.3 Å². The molecule has 0 atom stereocenters. The van der Waals surface area contributed by atoms with Crippen LogP contribution in [0.1, 0.15) is 22.3 Å². The van der Waals surface area contributed by atoms with Gasteiger partial charge in [0.2, 0.25) is 0 Å². The highest BCUT2D eigenvalue weighted by Crippen LogP contribution is 2.26. The summed E-state index contributed by atoms with van der Waals surface area (Å²) in [5.74, 6) is 0. The van der Waals surface area contributed by atoms with Crippen LogP contribution in [0, 0.1) is 0 Å². The summed E-state index contributed by atoms with van der Waals surface area (Å²) >= 11 is 3.56. The molecule has 80 valence electrons. The SMILES string of the molecule is Brc1ccc2c(c1)Cc1ccccc1CC2. The summed E-state index contributed by atoms with van der Waals surface area (Å²) < 4.78 is 1.19. The van der Waals surface area contributed by atoms with E-state index in [0.717, 1.165) is 6.42 Å². The van der Waals surface area contributed by atoms with E-state index in [9.17, 15) is 0 Å². The average Bonchev–Trinajstić information content (AvgIpc) is 2.47. The molecule has 2 aromatic carbocycles. The summed E-state index contributed by atoms with van der Waals surface area (Å²) in [6.07, 6.45) is 3.41. The smallest absolute Gasteiger partial charge is 0.0178 e. The number of hydrogen-bond acceptors (Lipinski definition) is 0. The zero-order chi connectivity index (χ0) is 11.0. The van der Waals surface area contributed by atoms with Crippen LogP contribution in [0.5, 0.6) is 0 Å². The number of hydrogen-bond donors (Lipinski definition) is 0. The molecule has 1 aliphatic carbocycles. The molecule has 2 aromatic rings. The van der Waals surface area contributed by atoms with Crippen LogP contribution in [-0.4, -0.2) is 0 Å². The quantitative estimate of drug-likeness (QED) is 0.676. The first-order valence-electron chi connectivity index (χ1n) is 5.67.